The van der Waals surface area contributed by atoms with Gasteiger partial charge in [0.15, 0.2) is 0 Å². The molecule has 0 saturated heterocycles. The van der Waals surface area contributed by atoms with E-state index in [1.807, 2.05) is 0 Å². The van der Waals surface area contributed by atoms with E-state index in [4.69, 9.17) is 4.74 Å². The molecule has 4 fully saturated rings. The van der Waals surface area contributed by atoms with Crippen LogP contribution in [0.25, 0.3) is 0 Å². The van der Waals surface area contributed by atoms with Crippen LogP contribution in [0.3, 0.4) is 0 Å². The van der Waals surface area contributed by atoms with Gasteiger partial charge in [-0.2, -0.15) is 0 Å². The second-order valence-corrected chi connectivity index (χ2v) is 13.4. The van der Waals surface area contributed by atoms with Crippen LogP contribution in [0.2, 0.25) is 0 Å². The van der Waals surface area contributed by atoms with Gasteiger partial charge < -0.3 is 9.84 Å². The molecule has 4 aliphatic carbocycles. The number of fused-ring (bicyclic) bond motifs is 5. The Kier molecular flexibility index (Phi) is 7.27. The summed E-state index contributed by atoms with van der Waals surface area (Å²) in [6.07, 6.45) is 8.46. The van der Waals surface area contributed by atoms with E-state index in [0.717, 1.165) is 30.6 Å². The van der Waals surface area contributed by atoms with Crippen molar-refractivity contribution in [3.05, 3.63) is 0 Å². The molecule has 0 spiro atoms. The zero-order valence-electron chi connectivity index (χ0n) is 22.0. The van der Waals surface area contributed by atoms with Gasteiger partial charge in [-0.3, -0.25) is 4.79 Å². The molecule has 4 heteroatoms. The highest BCUT2D eigenvalue weighted by molar-refractivity contribution is 5.66. The number of hydrogen-bond acceptors (Lipinski definition) is 3. The number of ether oxygens (including phenoxy) is 1. The molecule has 4 saturated carbocycles. The Morgan fingerprint density at radius 2 is 1.73 bits per heavy atom. The fourth-order valence-electron chi connectivity index (χ4n) is 9.62. The fraction of sp³-hybridized carbons (Fsp3) is 0.966. The maximum atomic E-state index is 14.9. The molecule has 190 valence electrons. The first kappa shape index (κ1) is 25.5. The van der Waals surface area contributed by atoms with Crippen LogP contribution in [0.5, 0.6) is 0 Å². The molecule has 1 unspecified atom stereocenters. The molecule has 1 N–H and O–H groups in total. The summed E-state index contributed by atoms with van der Waals surface area (Å²) >= 11 is 0. The topological polar surface area (TPSA) is 46.5 Å². The first-order valence-electron chi connectivity index (χ1n) is 14.0. The second-order valence-electron chi connectivity index (χ2n) is 13.4. The van der Waals surface area contributed by atoms with E-state index in [9.17, 15) is 14.3 Å². The maximum Gasteiger partial charge on any atom is 0.302 e. The Morgan fingerprint density at radius 3 is 2.39 bits per heavy atom. The molecule has 3 nitrogen and oxygen atoms in total. The standard InChI is InChI=1S/C29H49FO3/c1-17(2)8-7-9-18(3)21-10-11-22-20-14-27(33-19(4)31)24-15-26(32)25(30)16-29(24,6)23(20)12-13-28(21,22)5/h17-18,20-27,32H,7-16H2,1-6H3/t18-,20+,21-,22+,23+,24?,25-,26+,27-,28-,29-/m1/s1. The van der Waals surface area contributed by atoms with Gasteiger partial charge in [0.1, 0.15) is 12.3 Å². The van der Waals surface area contributed by atoms with Crippen molar-refractivity contribution in [2.45, 2.75) is 124 Å². The Bertz CT molecular complexity index is 709. The molecule has 0 aromatic carbocycles. The Labute approximate surface area is 201 Å². The van der Waals surface area contributed by atoms with E-state index in [1.54, 1.807) is 0 Å². The van der Waals surface area contributed by atoms with Crippen molar-refractivity contribution in [3.8, 4) is 0 Å². The molecule has 0 aliphatic heterocycles. The van der Waals surface area contributed by atoms with Gasteiger partial charge >= 0.3 is 5.97 Å². The van der Waals surface area contributed by atoms with Gasteiger partial charge in [0, 0.05) is 12.8 Å². The van der Waals surface area contributed by atoms with Crippen LogP contribution in [0.1, 0.15) is 106 Å². The van der Waals surface area contributed by atoms with Crippen molar-refractivity contribution in [2.24, 2.45) is 52.3 Å². The van der Waals surface area contributed by atoms with E-state index in [0.29, 0.717) is 36.0 Å². The summed E-state index contributed by atoms with van der Waals surface area (Å²) in [5, 5.41) is 10.4. The third-order valence-corrected chi connectivity index (χ3v) is 11.2. The quantitative estimate of drug-likeness (QED) is 0.432. The van der Waals surface area contributed by atoms with Gasteiger partial charge in [0.2, 0.25) is 0 Å². The van der Waals surface area contributed by atoms with Crippen LogP contribution in [-0.2, 0) is 9.53 Å². The molecular formula is C29H49FO3. The minimum Gasteiger partial charge on any atom is -0.462 e. The lowest BCUT2D eigenvalue weighted by atomic mass is 9.43. The molecule has 0 aromatic heterocycles. The number of alkyl halides is 1. The molecule has 0 bridgehead atoms. The van der Waals surface area contributed by atoms with Gasteiger partial charge in [-0.15, -0.1) is 0 Å². The van der Waals surface area contributed by atoms with Crippen LogP contribution >= 0.6 is 0 Å². The zero-order chi connectivity index (χ0) is 24.1. The molecule has 4 rings (SSSR count). The van der Waals surface area contributed by atoms with Crippen molar-refractivity contribution in [3.63, 3.8) is 0 Å². The number of carbonyl (C=O) groups excluding carboxylic acids is 1. The third-order valence-electron chi connectivity index (χ3n) is 11.2. The SMILES string of the molecule is CC(=O)O[C@@H]1C[C@H]2[C@@H]3CC[C@H]([C@H](C)CCCC(C)C)[C@@]3(C)CC[C@@H]2[C@@]2(C)C[C@@H](F)[C@@H](O)CC12. The Balaban J connectivity index is 1.57. The van der Waals surface area contributed by atoms with Gasteiger partial charge in [-0.1, -0.05) is 53.9 Å². The first-order chi connectivity index (χ1) is 15.5. The fourth-order valence-corrected chi connectivity index (χ4v) is 9.62. The van der Waals surface area contributed by atoms with Gasteiger partial charge in [-0.25, -0.2) is 4.39 Å². The first-order valence-corrected chi connectivity index (χ1v) is 14.0. The predicted molar refractivity (Wildman–Crippen MR) is 130 cm³/mol. The lowest BCUT2D eigenvalue weighted by molar-refractivity contribution is -0.201. The van der Waals surface area contributed by atoms with Crippen LogP contribution in [0.4, 0.5) is 4.39 Å². The summed E-state index contributed by atoms with van der Waals surface area (Å²) in [4.78, 5) is 12.0. The molecule has 0 amide bonds. The molecule has 33 heavy (non-hydrogen) atoms. The molecular weight excluding hydrogens is 415 g/mol. The molecule has 0 heterocycles. The monoisotopic (exact) mass is 464 g/mol. The number of esters is 1. The Hall–Kier alpha value is -0.640. The largest absolute Gasteiger partial charge is 0.462 e. The molecule has 11 atom stereocenters. The third kappa shape index (κ3) is 4.52. The number of aliphatic hydroxyl groups excluding tert-OH is 1. The van der Waals surface area contributed by atoms with Gasteiger partial charge in [0.25, 0.3) is 0 Å². The number of carbonyl (C=O) groups is 1. The van der Waals surface area contributed by atoms with Crippen LogP contribution < -0.4 is 0 Å². The van der Waals surface area contributed by atoms with E-state index in [2.05, 4.69) is 34.6 Å². The second kappa shape index (κ2) is 9.43. The summed E-state index contributed by atoms with van der Waals surface area (Å²) in [5.74, 6) is 3.77. The highest BCUT2D eigenvalue weighted by atomic mass is 19.1. The number of aliphatic hydroxyl groups is 1. The number of hydrogen-bond donors (Lipinski definition) is 1. The highest BCUT2D eigenvalue weighted by Gasteiger charge is 2.64. The number of halogens is 1. The van der Waals surface area contributed by atoms with Crippen LogP contribution in [0, 0.1) is 52.3 Å². The van der Waals surface area contributed by atoms with E-state index >= 15 is 0 Å². The zero-order valence-corrected chi connectivity index (χ0v) is 22.0. The normalized spacial score (nSPS) is 48.0. The molecule has 4 aliphatic rings. The summed E-state index contributed by atoms with van der Waals surface area (Å²) in [5.41, 5.74) is 0.162. The summed E-state index contributed by atoms with van der Waals surface area (Å²) in [7, 11) is 0. The predicted octanol–water partition coefficient (Wildman–Crippen LogP) is 6.96. The van der Waals surface area contributed by atoms with E-state index < -0.39 is 12.3 Å². The Morgan fingerprint density at radius 1 is 1.03 bits per heavy atom. The average Bonchev–Trinajstić information content (AvgIpc) is 3.06. The van der Waals surface area contributed by atoms with E-state index in [1.165, 1.54) is 45.4 Å². The molecule has 0 radical (unpaired) electrons. The van der Waals surface area contributed by atoms with Crippen molar-refractivity contribution in [2.75, 3.05) is 0 Å². The van der Waals surface area contributed by atoms with Crippen molar-refractivity contribution >= 4 is 5.97 Å². The maximum absolute atomic E-state index is 14.9. The minimum absolute atomic E-state index is 0.0705. The lowest BCUT2D eigenvalue weighted by Crippen LogP contribution is -2.60. The van der Waals surface area contributed by atoms with Crippen molar-refractivity contribution in [1.82, 2.24) is 0 Å². The van der Waals surface area contributed by atoms with Crippen molar-refractivity contribution in [1.29, 1.82) is 0 Å². The van der Waals surface area contributed by atoms with Crippen LogP contribution in [0.15, 0.2) is 0 Å². The summed E-state index contributed by atoms with van der Waals surface area (Å²) in [6.45, 7) is 13.4. The van der Waals surface area contributed by atoms with Gasteiger partial charge in [-0.05, 0) is 91.3 Å². The van der Waals surface area contributed by atoms with Crippen molar-refractivity contribution < 1.29 is 19.0 Å². The smallest absolute Gasteiger partial charge is 0.302 e. The highest BCUT2D eigenvalue weighted by Crippen LogP contribution is 2.68. The minimum atomic E-state index is -1.16. The summed E-state index contributed by atoms with van der Waals surface area (Å²) < 4.78 is 20.8. The van der Waals surface area contributed by atoms with Gasteiger partial charge in [0.05, 0.1) is 6.10 Å². The number of rotatable bonds is 6. The summed E-state index contributed by atoms with van der Waals surface area (Å²) in [6, 6.07) is 0. The van der Waals surface area contributed by atoms with Crippen LogP contribution in [-0.4, -0.2) is 29.5 Å². The molecule has 0 aromatic rings. The van der Waals surface area contributed by atoms with E-state index in [-0.39, 0.29) is 23.4 Å². The average molecular weight is 465 g/mol. The lowest BCUT2D eigenvalue weighted by Gasteiger charge is -2.63.